The van der Waals surface area contributed by atoms with Crippen molar-refractivity contribution in [1.82, 2.24) is 0 Å². The van der Waals surface area contributed by atoms with Crippen molar-refractivity contribution in [2.75, 3.05) is 25.2 Å². The molecule has 8 heteroatoms. The van der Waals surface area contributed by atoms with Crippen molar-refractivity contribution in [1.29, 1.82) is 0 Å². The fourth-order valence-electron chi connectivity index (χ4n) is 5.60. The Bertz CT molecular complexity index is 1070. The normalized spacial score (nSPS) is 30.8. The Morgan fingerprint density at radius 2 is 2.11 bits per heavy atom. The molecule has 1 saturated heterocycles. The fraction of sp³-hybridized carbons (Fsp3) is 0.536. The van der Waals surface area contributed by atoms with Crippen LogP contribution in [0.25, 0.3) is 0 Å². The van der Waals surface area contributed by atoms with Crippen LogP contribution in [0.1, 0.15) is 51.0 Å². The number of methoxy groups -OCH3 is 1. The highest BCUT2D eigenvalue weighted by atomic mass is 33.1. The van der Waals surface area contributed by atoms with E-state index in [2.05, 4.69) is 30.1 Å². The van der Waals surface area contributed by atoms with Crippen LogP contribution in [0.15, 0.2) is 47.0 Å². The number of rotatable bonds is 5. The van der Waals surface area contributed by atoms with Crippen LogP contribution in [-0.4, -0.2) is 54.3 Å². The molecular formula is C28H35NO5S2. The Kier molecular flexibility index (Phi) is 8.88. The van der Waals surface area contributed by atoms with E-state index in [4.69, 9.17) is 9.47 Å². The predicted molar refractivity (Wildman–Crippen MR) is 147 cm³/mol. The molecule has 1 aromatic carbocycles. The number of phenols is 1. The maximum absolute atomic E-state index is 13.5. The van der Waals surface area contributed by atoms with E-state index in [1.54, 1.807) is 27.7 Å². The number of phenolic OH excluding ortho intramolecular Hbond substituents is 1. The van der Waals surface area contributed by atoms with E-state index in [0.29, 0.717) is 24.6 Å². The van der Waals surface area contributed by atoms with E-state index in [9.17, 15) is 14.7 Å². The molecule has 0 unspecified atom stereocenters. The van der Waals surface area contributed by atoms with Crippen LogP contribution in [0.5, 0.6) is 11.5 Å². The Balaban J connectivity index is 1.71. The van der Waals surface area contributed by atoms with Crippen LogP contribution in [0, 0.1) is 17.3 Å². The molecule has 0 bridgehead atoms. The number of allylic oxidation sites excluding steroid dienone is 3. The van der Waals surface area contributed by atoms with Crippen molar-refractivity contribution in [3.05, 3.63) is 47.6 Å². The molecule has 2 aliphatic heterocycles. The van der Waals surface area contributed by atoms with Gasteiger partial charge in [-0.3, -0.25) is 14.6 Å². The number of ketones is 1. The van der Waals surface area contributed by atoms with Crippen molar-refractivity contribution in [3.8, 4) is 11.5 Å². The summed E-state index contributed by atoms with van der Waals surface area (Å²) in [6, 6.07) is 5.30. The number of aromatic hydroxyl groups is 1. The van der Waals surface area contributed by atoms with Crippen molar-refractivity contribution in [2.24, 2.45) is 22.2 Å². The van der Waals surface area contributed by atoms with E-state index in [-0.39, 0.29) is 41.2 Å². The maximum atomic E-state index is 13.5. The highest BCUT2D eigenvalue weighted by Crippen LogP contribution is 2.52. The van der Waals surface area contributed by atoms with Gasteiger partial charge in [-0.2, -0.15) is 0 Å². The molecule has 0 aromatic heterocycles. The average Bonchev–Trinajstić information content (AvgIpc) is 3.40. The molecule has 3 aliphatic rings. The van der Waals surface area contributed by atoms with Gasteiger partial charge in [0.05, 0.1) is 13.7 Å². The second kappa shape index (κ2) is 11.9. The van der Waals surface area contributed by atoms with Crippen molar-refractivity contribution in [2.45, 2.75) is 51.6 Å². The molecule has 6 nitrogen and oxygen atoms in total. The topological polar surface area (TPSA) is 85.2 Å². The van der Waals surface area contributed by atoms with E-state index < -0.39 is 6.10 Å². The molecule has 0 spiro atoms. The molecule has 5 atom stereocenters. The van der Waals surface area contributed by atoms with Gasteiger partial charge in [-0.1, -0.05) is 52.8 Å². The maximum Gasteiger partial charge on any atom is 0.302 e. The summed E-state index contributed by atoms with van der Waals surface area (Å²) >= 11 is 0. The van der Waals surface area contributed by atoms with E-state index in [1.807, 2.05) is 18.3 Å². The minimum Gasteiger partial charge on any atom is -0.504 e. The van der Waals surface area contributed by atoms with Gasteiger partial charge in [-0.25, -0.2) is 0 Å². The van der Waals surface area contributed by atoms with Crippen LogP contribution in [0.2, 0.25) is 0 Å². The van der Waals surface area contributed by atoms with Crippen LogP contribution in [0.4, 0.5) is 0 Å². The first kappa shape index (κ1) is 26.9. The number of nitrogens with zero attached hydrogens (tertiary/aromatic N) is 1. The summed E-state index contributed by atoms with van der Waals surface area (Å²) in [6.07, 6.45) is 10.7. The second-order valence-corrected chi connectivity index (χ2v) is 12.3. The number of carbonyl (C=O) groups excluding carboxylic acids is 2. The zero-order valence-electron chi connectivity index (χ0n) is 21.1. The third-order valence-electron chi connectivity index (χ3n) is 7.59. The molecule has 1 fully saturated rings. The van der Waals surface area contributed by atoms with Crippen LogP contribution in [0.3, 0.4) is 0 Å². The molecule has 2 heterocycles. The van der Waals surface area contributed by atoms with Crippen LogP contribution >= 0.6 is 21.6 Å². The van der Waals surface area contributed by atoms with Gasteiger partial charge in [0, 0.05) is 54.7 Å². The van der Waals surface area contributed by atoms with Crippen molar-refractivity contribution < 1.29 is 24.2 Å². The average molecular weight is 530 g/mol. The molecule has 36 heavy (non-hydrogen) atoms. The highest BCUT2D eigenvalue weighted by Gasteiger charge is 2.48. The van der Waals surface area contributed by atoms with Gasteiger partial charge >= 0.3 is 5.97 Å². The molecule has 194 valence electrons. The number of carbonyl (C=O) groups is 2. The third kappa shape index (κ3) is 5.86. The monoisotopic (exact) mass is 529 g/mol. The van der Waals surface area contributed by atoms with Gasteiger partial charge in [-0.15, -0.1) is 0 Å². The zero-order valence-corrected chi connectivity index (χ0v) is 22.8. The number of hydrogen-bond acceptors (Lipinski definition) is 8. The van der Waals surface area contributed by atoms with Gasteiger partial charge < -0.3 is 14.6 Å². The summed E-state index contributed by atoms with van der Waals surface area (Å²) in [4.78, 5) is 30.2. The lowest BCUT2D eigenvalue weighted by molar-refractivity contribution is -0.153. The largest absolute Gasteiger partial charge is 0.504 e. The summed E-state index contributed by atoms with van der Waals surface area (Å²) in [6.45, 7) is 4.27. The van der Waals surface area contributed by atoms with E-state index >= 15 is 0 Å². The molecular weight excluding hydrogens is 494 g/mol. The standard InChI is InChI=1S/C28H35NO5S2/c1-4-19-7-9-28(22-8-10-29-15-22)17-36-35-16-21(20-5-6-25(32)27(13-20)33-3)12-23(31)14-26(24(28)11-19)34-18(2)30/h5-9,13,15,19,21,24,26,32H,4,10-12,14,16-17H2,1-3H3/t19-,21-,24-,26+,28+/m1/s1. The Morgan fingerprint density at radius 1 is 1.28 bits per heavy atom. The van der Waals surface area contributed by atoms with E-state index in [0.717, 1.165) is 35.5 Å². The summed E-state index contributed by atoms with van der Waals surface area (Å²) in [5.41, 5.74) is 1.78. The number of fused-ring (bicyclic) bond motifs is 1. The van der Waals surface area contributed by atoms with Gasteiger partial charge in [0.25, 0.3) is 0 Å². The Labute approximate surface area is 221 Å². The minimum atomic E-state index is -0.498. The van der Waals surface area contributed by atoms with Gasteiger partial charge in [0.2, 0.25) is 0 Å². The quantitative estimate of drug-likeness (QED) is 0.295. The Hall–Kier alpha value is -2.19. The summed E-state index contributed by atoms with van der Waals surface area (Å²) in [7, 11) is 5.09. The molecule has 1 aromatic rings. The Morgan fingerprint density at radius 3 is 2.81 bits per heavy atom. The van der Waals surface area contributed by atoms with Gasteiger partial charge in [-0.05, 0) is 42.0 Å². The summed E-state index contributed by atoms with van der Waals surface area (Å²) in [5, 5.41) is 10.0. The number of Topliss-reactive ketones (excluding diaryl/α,β-unsaturated/α-hetero) is 1. The summed E-state index contributed by atoms with van der Waals surface area (Å²) in [5.74, 6) is 2.11. The first-order chi connectivity index (χ1) is 17.4. The van der Waals surface area contributed by atoms with Crippen LogP contribution in [-0.2, 0) is 14.3 Å². The number of hydrogen-bond donors (Lipinski definition) is 1. The minimum absolute atomic E-state index is 0.00508. The SMILES string of the molecule is CC[C@@H]1C=C[C@@]2(C3=CCN=C3)CSSC[C@H](c3ccc(O)c(OC)c3)CC(=O)C[C@H](OC(C)=O)[C@H]2C1. The van der Waals surface area contributed by atoms with E-state index in [1.165, 1.54) is 14.0 Å². The van der Waals surface area contributed by atoms with Gasteiger partial charge in [0.15, 0.2) is 11.5 Å². The lowest BCUT2D eigenvalue weighted by atomic mass is 9.61. The zero-order chi connectivity index (χ0) is 25.7. The first-order valence-corrected chi connectivity index (χ1v) is 15.0. The lowest BCUT2D eigenvalue weighted by Crippen LogP contribution is -2.46. The molecule has 0 amide bonds. The van der Waals surface area contributed by atoms with Gasteiger partial charge in [0.1, 0.15) is 11.9 Å². The molecule has 4 rings (SSSR count). The molecule has 0 radical (unpaired) electrons. The highest BCUT2D eigenvalue weighted by molar-refractivity contribution is 8.76. The number of esters is 1. The van der Waals surface area contributed by atoms with Crippen LogP contribution < -0.4 is 4.74 Å². The third-order valence-corrected chi connectivity index (χ3v) is 10.1. The second-order valence-electron chi connectivity index (χ2n) is 9.83. The first-order valence-electron chi connectivity index (χ1n) is 12.6. The molecule has 1 aliphatic carbocycles. The molecule has 1 N–H and O–H groups in total. The summed E-state index contributed by atoms with van der Waals surface area (Å²) < 4.78 is 11.2. The number of benzene rings is 1. The number of aliphatic imine (C=N–C) groups is 1. The number of ether oxygens (including phenoxy) is 2. The smallest absolute Gasteiger partial charge is 0.302 e. The molecule has 0 saturated carbocycles. The van der Waals surface area contributed by atoms with Crippen molar-refractivity contribution in [3.63, 3.8) is 0 Å². The predicted octanol–water partition coefficient (Wildman–Crippen LogP) is 5.76. The van der Waals surface area contributed by atoms with Crippen molar-refractivity contribution >= 4 is 39.6 Å². The lowest BCUT2D eigenvalue weighted by Gasteiger charge is -2.46. The fourth-order valence-corrected chi connectivity index (χ4v) is 8.54.